The Hall–Kier alpha value is -2.21. The van der Waals surface area contributed by atoms with E-state index < -0.39 is 5.41 Å². The third kappa shape index (κ3) is 4.89. The molecule has 0 fully saturated rings. The normalized spacial score (nSPS) is 11.2. The van der Waals surface area contributed by atoms with Gasteiger partial charge in [0.05, 0.1) is 12.1 Å². The van der Waals surface area contributed by atoms with Gasteiger partial charge in [0.1, 0.15) is 0 Å². The maximum atomic E-state index is 12.2. The molecule has 0 unspecified atom stereocenters. The molecule has 1 heterocycles. The van der Waals surface area contributed by atoms with Crippen molar-refractivity contribution in [2.24, 2.45) is 5.41 Å². The van der Waals surface area contributed by atoms with Gasteiger partial charge >= 0.3 is 0 Å². The fourth-order valence-corrected chi connectivity index (χ4v) is 2.74. The van der Waals surface area contributed by atoms with E-state index in [1.165, 1.54) is 11.3 Å². The van der Waals surface area contributed by atoms with Gasteiger partial charge in [-0.3, -0.25) is 9.59 Å². The van der Waals surface area contributed by atoms with Crippen LogP contribution in [0.3, 0.4) is 0 Å². The lowest BCUT2D eigenvalue weighted by molar-refractivity contribution is -0.123. The molecule has 0 bridgehead atoms. The molecular weight excluding hydrogens is 322 g/mol. The molecule has 0 radical (unpaired) electrons. The number of amides is 2. The maximum Gasteiger partial charge on any atom is 0.231 e. The smallest absolute Gasteiger partial charge is 0.231 e. The predicted molar refractivity (Wildman–Crippen MR) is 98.4 cm³/mol. The Bertz CT molecular complexity index is 732. The van der Waals surface area contributed by atoms with Crippen molar-refractivity contribution in [2.45, 2.75) is 40.5 Å². The van der Waals surface area contributed by atoms with Crippen molar-refractivity contribution in [1.29, 1.82) is 0 Å². The van der Waals surface area contributed by atoms with Crippen molar-refractivity contribution >= 4 is 34.0 Å². The van der Waals surface area contributed by atoms with Gasteiger partial charge in [-0.15, -0.1) is 11.3 Å². The van der Waals surface area contributed by atoms with Gasteiger partial charge < -0.3 is 10.6 Å². The number of thiazole rings is 1. The second-order valence-corrected chi connectivity index (χ2v) is 7.44. The van der Waals surface area contributed by atoms with Crippen LogP contribution in [0.5, 0.6) is 0 Å². The molecular formula is C18H23N3O2S. The van der Waals surface area contributed by atoms with E-state index in [1.54, 1.807) is 5.38 Å². The maximum absolute atomic E-state index is 12.2. The molecule has 2 rings (SSSR count). The number of aryl methyl sites for hydroxylation is 1. The number of hydrogen-bond acceptors (Lipinski definition) is 4. The summed E-state index contributed by atoms with van der Waals surface area (Å²) < 4.78 is 0. The molecule has 24 heavy (non-hydrogen) atoms. The van der Waals surface area contributed by atoms with Crippen LogP contribution in [-0.4, -0.2) is 16.8 Å². The quantitative estimate of drug-likeness (QED) is 0.864. The lowest BCUT2D eigenvalue weighted by Crippen LogP contribution is -2.27. The molecule has 0 spiro atoms. The van der Waals surface area contributed by atoms with Crippen molar-refractivity contribution in [3.05, 3.63) is 40.9 Å². The Kier molecular flexibility index (Phi) is 5.72. The minimum absolute atomic E-state index is 0.0928. The van der Waals surface area contributed by atoms with Crippen LogP contribution in [0.4, 0.5) is 10.8 Å². The summed E-state index contributed by atoms with van der Waals surface area (Å²) in [5, 5.41) is 8.02. The number of nitrogens with zero attached hydrogens (tertiary/aromatic N) is 1. The first-order valence-electron chi connectivity index (χ1n) is 7.93. The SMILES string of the molecule is CCc1ccccc1NC(=O)Cc1csc(NC(=O)C(C)(C)C)n1. The number of nitrogens with one attached hydrogen (secondary N) is 2. The number of aromatic nitrogens is 1. The first-order chi connectivity index (χ1) is 11.3. The van der Waals surface area contributed by atoms with E-state index in [0.29, 0.717) is 10.8 Å². The van der Waals surface area contributed by atoms with E-state index in [2.05, 4.69) is 22.5 Å². The molecule has 1 aromatic heterocycles. The highest BCUT2D eigenvalue weighted by molar-refractivity contribution is 7.13. The number of carbonyl (C=O) groups excluding carboxylic acids is 2. The van der Waals surface area contributed by atoms with Crippen molar-refractivity contribution in [3.63, 3.8) is 0 Å². The Labute approximate surface area is 146 Å². The van der Waals surface area contributed by atoms with Crippen LogP contribution >= 0.6 is 11.3 Å². The fourth-order valence-electron chi connectivity index (χ4n) is 2.04. The Morgan fingerprint density at radius 2 is 1.88 bits per heavy atom. The molecule has 0 aliphatic carbocycles. The average molecular weight is 345 g/mol. The average Bonchev–Trinajstić information content (AvgIpc) is 2.93. The molecule has 6 heteroatoms. The van der Waals surface area contributed by atoms with Crippen LogP contribution in [0.1, 0.15) is 39.0 Å². The molecule has 0 aliphatic heterocycles. The largest absolute Gasteiger partial charge is 0.325 e. The van der Waals surface area contributed by atoms with Crippen LogP contribution in [0.2, 0.25) is 0 Å². The van der Waals surface area contributed by atoms with Crippen molar-refractivity contribution in [3.8, 4) is 0 Å². The van der Waals surface area contributed by atoms with Crippen molar-refractivity contribution in [2.75, 3.05) is 10.6 Å². The summed E-state index contributed by atoms with van der Waals surface area (Å²) in [4.78, 5) is 28.5. The monoisotopic (exact) mass is 345 g/mol. The highest BCUT2D eigenvalue weighted by Gasteiger charge is 2.22. The van der Waals surface area contributed by atoms with E-state index in [1.807, 2.05) is 45.0 Å². The van der Waals surface area contributed by atoms with Gasteiger partial charge in [-0.05, 0) is 18.1 Å². The third-order valence-corrected chi connectivity index (χ3v) is 4.27. The second kappa shape index (κ2) is 7.57. The van der Waals surface area contributed by atoms with Crippen LogP contribution in [0, 0.1) is 5.41 Å². The molecule has 128 valence electrons. The summed E-state index contributed by atoms with van der Waals surface area (Å²) >= 11 is 1.33. The summed E-state index contributed by atoms with van der Waals surface area (Å²) in [5.74, 6) is -0.209. The Balaban J connectivity index is 1.97. The second-order valence-electron chi connectivity index (χ2n) is 6.58. The third-order valence-electron chi connectivity index (χ3n) is 3.47. The first-order valence-corrected chi connectivity index (χ1v) is 8.81. The van der Waals surface area contributed by atoms with E-state index in [4.69, 9.17) is 0 Å². The highest BCUT2D eigenvalue weighted by Crippen LogP contribution is 2.21. The summed E-state index contributed by atoms with van der Waals surface area (Å²) in [6.45, 7) is 7.58. The van der Waals surface area contributed by atoms with E-state index >= 15 is 0 Å². The number of carbonyl (C=O) groups is 2. The van der Waals surface area contributed by atoms with E-state index in [9.17, 15) is 9.59 Å². The van der Waals surface area contributed by atoms with Gasteiger partial charge in [0.25, 0.3) is 0 Å². The summed E-state index contributed by atoms with van der Waals surface area (Å²) in [7, 11) is 0. The number of hydrogen-bond donors (Lipinski definition) is 2. The summed E-state index contributed by atoms with van der Waals surface area (Å²) in [5.41, 5.74) is 2.10. The standard InChI is InChI=1S/C18H23N3O2S/c1-5-12-8-6-7-9-14(12)20-15(22)10-13-11-24-17(19-13)21-16(23)18(2,3)4/h6-9,11H,5,10H2,1-4H3,(H,20,22)(H,19,21,23). The molecule has 2 aromatic rings. The Morgan fingerprint density at radius 1 is 1.17 bits per heavy atom. The van der Waals surface area contributed by atoms with Crippen LogP contribution in [0.15, 0.2) is 29.6 Å². The molecule has 0 saturated carbocycles. The van der Waals surface area contributed by atoms with E-state index in [-0.39, 0.29) is 18.2 Å². The molecule has 0 atom stereocenters. The zero-order valence-electron chi connectivity index (χ0n) is 14.5. The minimum atomic E-state index is -0.479. The lowest BCUT2D eigenvalue weighted by atomic mass is 9.96. The fraction of sp³-hybridized carbons (Fsp3) is 0.389. The first kappa shape index (κ1) is 18.1. The molecule has 2 amide bonds. The van der Waals surface area contributed by atoms with Crippen LogP contribution < -0.4 is 10.6 Å². The molecule has 5 nitrogen and oxygen atoms in total. The number of anilines is 2. The lowest BCUT2D eigenvalue weighted by Gasteiger charge is -2.15. The van der Waals surface area contributed by atoms with Gasteiger partial charge in [-0.25, -0.2) is 4.98 Å². The molecule has 0 aliphatic rings. The van der Waals surface area contributed by atoms with E-state index in [0.717, 1.165) is 17.7 Å². The topological polar surface area (TPSA) is 71.1 Å². The van der Waals surface area contributed by atoms with Gasteiger partial charge in [-0.1, -0.05) is 45.9 Å². The Morgan fingerprint density at radius 3 is 2.54 bits per heavy atom. The van der Waals surface area contributed by atoms with Gasteiger partial charge in [0, 0.05) is 16.5 Å². The molecule has 2 N–H and O–H groups in total. The zero-order valence-corrected chi connectivity index (χ0v) is 15.3. The zero-order chi connectivity index (χ0) is 17.7. The van der Waals surface area contributed by atoms with Crippen molar-refractivity contribution in [1.82, 2.24) is 4.98 Å². The van der Waals surface area contributed by atoms with Crippen LogP contribution in [0.25, 0.3) is 0 Å². The number of rotatable bonds is 5. The summed E-state index contributed by atoms with van der Waals surface area (Å²) in [6.07, 6.45) is 1.04. The van der Waals surface area contributed by atoms with Gasteiger partial charge in [0.15, 0.2) is 5.13 Å². The molecule has 1 aromatic carbocycles. The number of para-hydroxylation sites is 1. The highest BCUT2D eigenvalue weighted by atomic mass is 32.1. The van der Waals surface area contributed by atoms with Crippen molar-refractivity contribution < 1.29 is 9.59 Å². The minimum Gasteiger partial charge on any atom is -0.325 e. The van der Waals surface area contributed by atoms with Gasteiger partial charge in [-0.2, -0.15) is 0 Å². The molecule has 0 saturated heterocycles. The number of benzene rings is 1. The van der Waals surface area contributed by atoms with Crippen LogP contribution in [-0.2, 0) is 22.4 Å². The van der Waals surface area contributed by atoms with Gasteiger partial charge in [0.2, 0.25) is 11.8 Å². The summed E-state index contributed by atoms with van der Waals surface area (Å²) in [6, 6.07) is 7.75. The predicted octanol–water partition coefficient (Wildman–Crippen LogP) is 3.87.